The second-order valence-corrected chi connectivity index (χ2v) is 2.71. The van der Waals surface area contributed by atoms with Crippen LogP contribution >= 0.6 is 0 Å². The molecule has 0 aliphatic heterocycles. The number of nitrogens with one attached hydrogen (secondary N) is 2. The first kappa shape index (κ1) is 8.92. The lowest BCUT2D eigenvalue weighted by atomic mass is 10.1. The molecule has 0 amide bonds. The summed E-state index contributed by atoms with van der Waals surface area (Å²) < 4.78 is 0. The Hall–Kier alpha value is -0.0800. The van der Waals surface area contributed by atoms with Crippen molar-refractivity contribution in [3.05, 3.63) is 0 Å². The molecule has 0 radical (unpaired) electrons. The van der Waals surface area contributed by atoms with E-state index in [1.54, 1.807) is 0 Å². The molecule has 0 aliphatic carbocycles. The molecule has 56 valence electrons. The number of hydrogen-bond acceptors (Lipinski definition) is 2. The Morgan fingerprint density at radius 2 is 1.78 bits per heavy atom. The van der Waals surface area contributed by atoms with Gasteiger partial charge in [-0.05, 0) is 12.8 Å². The Morgan fingerprint density at radius 3 is 2.11 bits per heavy atom. The van der Waals surface area contributed by atoms with Crippen LogP contribution in [0.4, 0.5) is 0 Å². The van der Waals surface area contributed by atoms with Crippen LogP contribution in [-0.2, 0) is 0 Å². The predicted octanol–water partition coefficient (Wildman–Crippen LogP) is 1.14. The Kier molecular flexibility index (Phi) is 4.72. The van der Waals surface area contributed by atoms with Crippen molar-refractivity contribution in [3.63, 3.8) is 0 Å². The van der Waals surface area contributed by atoms with Gasteiger partial charge in [-0.1, -0.05) is 20.8 Å². The van der Waals surface area contributed by atoms with E-state index in [4.69, 9.17) is 0 Å². The minimum Gasteiger partial charge on any atom is -0.258 e. The van der Waals surface area contributed by atoms with Crippen LogP contribution < -0.4 is 10.9 Å². The molecule has 0 bridgehead atoms. The molecular weight excluding hydrogens is 112 g/mol. The average molecular weight is 130 g/mol. The van der Waals surface area contributed by atoms with Crippen molar-refractivity contribution >= 4 is 0 Å². The summed E-state index contributed by atoms with van der Waals surface area (Å²) in [5, 5.41) is 0. The fourth-order valence-corrected chi connectivity index (χ4v) is 0.430. The molecule has 2 nitrogen and oxygen atoms in total. The molecule has 2 N–H and O–H groups in total. The maximum Gasteiger partial charge on any atom is 0.0207 e. The Balaban J connectivity index is 3.16. The third kappa shape index (κ3) is 4.43. The monoisotopic (exact) mass is 130 g/mol. The maximum absolute atomic E-state index is 3.18. The molecule has 0 aliphatic rings. The molecule has 0 heterocycles. The SMILES string of the molecule is CCNNC(C)C(C)C. The molecule has 1 unspecified atom stereocenters. The van der Waals surface area contributed by atoms with E-state index in [1.165, 1.54) is 0 Å². The van der Waals surface area contributed by atoms with Gasteiger partial charge in [-0.25, -0.2) is 0 Å². The quantitative estimate of drug-likeness (QED) is 0.558. The molecule has 0 fully saturated rings. The minimum atomic E-state index is 0.560. The average Bonchev–Trinajstić information content (AvgIpc) is 1.82. The third-order valence-corrected chi connectivity index (χ3v) is 1.51. The van der Waals surface area contributed by atoms with Crippen LogP contribution in [0.15, 0.2) is 0 Å². The van der Waals surface area contributed by atoms with Crippen molar-refractivity contribution in [1.82, 2.24) is 10.9 Å². The van der Waals surface area contributed by atoms with Gasteiger partial charge >= 0.3 is 0 Å². The van der Waals surface area contributed by atoms with Gasteiger partial charge in [0, 0.05) is 12.6 Å². The summed E-state index contributed by atoms with van der Waals surface area (Å²) >= 11 is 0. The molecule has 0 rings (SSSR count). The number of hydrazine groups is 1. The second-order valence-electron chi connectivity index (χ2n) is 2.71. The molecule has 0 aromatic carbocycles. The van der Waals surface area contributed by atoms with Gasteiger partial charge in [-0.15, -0.1) is 0 Å². The first-order valence-electron chi connectivity index (χ1n) is 3.66. The van der Waals surface area contributed by atoms with Gasteiger partial charge in [-0.3, -0.25) is 10.9 Å². The summed E-state index contributed by atoms with van der Waals surface area (Å²) in [5.74, 6) is 0.698. The molecule has 0 saturated heterocycles. The highest BCUT2D eigenvalue weighted by atomic mass is 15.4. The van der Waals surface area contributed by atoms with Gasteiger partial charge in [0.1, 0.15) is 0 Å². The van der Waals surface area contributed by atoms with Crippen molar-refractivity contribution in [1.29, 1.82) is 0 Å². The van der Waals surface area contributed by atoms with E-state index < -0.39 is 0 Å². The third-order valence-electron chi connectivity index (χ3n) is 1.51. The Morgan fingerprint density at radius 1 is 1.22 bits per heavy atom. The summed E-state index contributed by atoms with van der Waals surface area (Å²) in [4.78, 5) is 0. The van der Waals surface area contributed by atoms with E-state index in [0.717, 1.165) is 6.54 Å². The van der Waals surface area contributed by atoms with E-state index in [2.05, 4.69) is 38.5 Å². The topological polar surface area (TPSA) is 24.1 Å². The fourth-order valence-electron chi connectivity index (χ4n) is 0.430. The van der Waals surface area contributed by atoms with Gasteiger partial charge in [0.2, 0.25) is 0 Å². The summed E-state index contributed by atoms with van der Waals surface area (Å²) in [6.45, 7) is 9.65. The fraction of sp³-hybridized carbons (Fsp3) is 1.00. The van der Waals surface area contributed by atoms with Gasteiger partial charge in [0.25, 0.3) is 0 Å². The van der Waals surface area contributed by atoms with E-state index >= 15 is 0 Å². The van der Waals surface area contributed by atoms with Crippen LogP contribution in [0.2, 0.25) is 0 Å². The second kappa shape index (κ2) is 4.77. The number of rotatable bonds is 4. The molecule has 1 atom stereocenters. The smallest absolute Gasteiger partial charge is 0.0207 e. The zero-order valence-corrected chi connectivity index (χ0v) is 6.86. The highest BCUT2D eigenvalue weighted by Crippen LogP contribution is 1.97. The standard InChI is InChI=1S/C7H18N2/c1-5-8-9-7(4)6(2)3/h6-9H,5H2,1-4H3. The highest BCUT2D eigenvalue weighted by molar-refractivity contribution is 4.60. The predicted molar refractivity (Wildman–Crippen MR) is 41.1 cm³/mol. The van der Waals surface area contributed by atoms with E-state index in [-0.39, 0.29) is 0 Å². The first-order chi connectivity index (χ1) is 4.18. The summed E-state index contributed by atoms with van der Waals surface area (Å²) in [5.41, 5.74) is 6.26. The molecule has 0 aromatic heterocycles. The van der Waals surface area contributed by atoms with Crippen molar-refractivity contribution in [2.45, 2.75) is 33.7 Å². The van der Waals surface area contributed by atoms with E-state index in [9.17, 15) is 0 Å². The van der Waals surface area contributed by atoms with E-state index in [1.807, 2.05) is 0 Å². The summed E-state index contributed by atoms with van der Waals surface area (Å²) in [7, 11) is 0. The zero-order chi connectivity index (χ0) is 7.28. The van der Waals surface area contributed by atoms with Crippen LogP contribution in [-0.4, -0.2) is 12.6 Å². The van der Waals surface area contributed by atoms with Gasteiger partial charge in [-0.2, -0.15) is 0 Å². The van der Waals surface area contributed by atoms with Crippen LogP contribution in [0.25, 0.3) is 0 Å². The van der Waals surface area contributed by atoms with Crippen LogP contribution in [0.3, 0.4) is 0 Å². The molecule has 2 heteroatoms. The highest BCUT2D eigenvalue weighted by Gasteiger charge is 2.03. The van der Waals surface area contributed by atoms with Gasteiger partial charge in [0.05, 0.1) is 0 Å². The van der Waals surface area contributed by atoms with Crippen LogP contribution in [0.1, 0.15) is 27.7 Å². The largest absolute Gasteiger partial charge is 0.258 e. The zero-order valence-electron chi connectivity index (χ0n) is 6.86. The van der Waals surface area contributed by atoms with Crippen molar-refractivity contribution < 1.29 is 0 Å². The summed E-state index contributed by atoms with van der Waals surface area (Å²) in [6.07, 6.45) is 0. The van der Waals surface area contributed by atoms with Crippen molar-refractivity contribution in [2.75, 3.05) is 6.54 Å². The minimum absolute atomic E-state index is 0.560. The molecule has 9 heavy (non-hydrogen) atoms. The van der Waals surface area contributed by atoms with Gasteiger partial charge in [0.15, 0.2) is 0 Å². The Labute approximate surface area is 58.0 Å². The molecular formula is C7H18N2. The lowest BCUT2D eigenvalue weighted by Crippen LogP contribution is -2.41. The first-order valence-corrected chi connectivity index (χ1v) is 3.66. The van der Waals surface area contributed by atoms with Crippen LogP contribution in [0.5, 0.6) is 0 Å². The van der Waals surface area contributed by atoms with E-state index in [0.29, 0.717) is 12.0 Å². The molecule has 0 saturated carbocycles. The number of hydrogen-bond donors (Lipinski definition) is 2. The lowest BCUT2D eigenvalue weighted by molar-refractivity contribution is 0.377. The van der Waals surface area contributed by atoms with Crippen molar-refractivity contribution in [2.24, 2.45) is 5.92 Å². The summed E-state index contributed by atoms with van der Waals surface area (Å²) in [6, 6.07) is 0.560. The maximum atomic E-state index is 3.18. The Bertz CT molecular complexity index is 61.9. The van der Waals surface area contributed by atoms with Crippen LogP contribution in [0, 0.1) is 5.92 Å². The lowest BCUT2D eigenvalue weighted by Gasteiger charge is -2.16. The van der Waals surface area contributed by atoms with Gasteiger partial charge < -0.3 is 0 Å². The normalized spacial score (nSPS) is 14.3. The molecule has 0 aromatic rings. The van der Waals surface area contributed by atoms with Crippen molar-refractivity contribution in [3.8, 4) is 0 Å². The molecule has 0 spiro atoms.